The third kappa shape index (κ3) is 3.12. The minimum absolute atomic E-state index is 0.0392. The van der Waals surface area contributed by atoms with Gasteiger partial charge in [-0.15, -0.1) is 0 Å². The second-order valence-electron chi connectivity index (χ2n) is 3.82. The van der Waals surface area contributed by atoms with Crippen molar-refractivity contribution in [2.24, 2.45) is 0 Å². The number of hydrogen-bond donors (Lipinski definition) is 2. The van der Waals surface area contributed by atoms with Crippen LogP contribution >= 0.6 is 0 Å². The molecule has 0 radical (unpaired) electrons. The minimum atomic E-state index is -3.80. The van der Waals surface area contributed by atoms with Crippen LogP contribution in [0.15, 0.2) is 46.7 Å². The molecule has 2 aromatic rings. The predicted molar refractivity (Wildman–Crippen MR) is 68.9 cm³/mol. The average Bonchev–Trinajstić information content (AvgIpc) is 2.81. The fraction of sp³-hybridized carbons (Fsp3) is 0.100. The molecule has 0 aliphatic carbocycles. The smallest absolute Gasteiger partial charge is 0.278 e. The third-order valence-electron chi connectivity index (χ3n) is 2.28. The first-order valence-corrected chi connectivity index (χ1v) is 8.48. The molecule has 0 amide bonds. The Kier molecular flexibility index (Phi) is 3.33. The van der Waals surface area contributed by atoms with Gasteiger partial charge in [0, 0.05) is 6.26 Å². The number of aromatic amines is 1. The summed E-state index contributed by atoms with van der Waals surface area (Å²) in [5.41, 5.74) is 0.164. The molecule has 0 bridgehead atoms. The van der Waals surface area contributed by atoms with Crippen molar-refractivity contribution in [1.82, 2.24) is 9.97 Å². The van der Waals surface area contributed by atoms with Gasteiger partial charge in [-0.3, -0.25) is 4.72 Å². The number of sulfone groups is 1. The molecule has 0 unspecified atom stereocenters. The van der Waals surface area contributed by atoms with Crippen molar-refractivity contribution in [1.29, 1.82) is 0 Å². The number of sulfonamides is 1. The quantitative estimate of drug-likeness (QED) is 0.860. The minimum Gasteiger partial charge on any atom is -0.334 e. The highest BCUT2D eigenvalue weighted by atomic mass is 32.2. The number of rotatable bonds is 4. The van der Waals surface area contributed by atoms with E-state index in [4.69, 9.17) is 0 Å². The van der Waals surface area contributed by atoms with Gasteiger partial charge in [-0.05, 0) is 18.2 Å². The number of nitrogens with zero attached hydrogens (tertiary/aromatic N) is 1. The van der Waals surface area contributed by atoms with Gasteiger partial charge in [-0.1, -0.05) is 6.07 Å². The fourth-order valence-electron chi connectivity index (χ4n) is 1.39. The molecule has 0 fully saturated rings. The number of benzene rings is 1. The third-order valence-corrected chi connectivity index (χ3v) is 4.69. The zero-order valence-corrected chi connectivity index (χ0v) is 11.5. The maximum atomic E-state index is 11.9. The number of anilines is 1. The van der Waals surface area contributed by atoms with Crippen molar-refractivity contribution in [3.05, 3.63) is 36.8 Å². The number of nitrogens with one attached hydrogen (secondary N) is 2. The van der Waals surface area contributed by atoms with Crippen LogP contribution in [0.3, 0.4) is 0 Å². The van der Waals surface area contributed by atoms with E-state index in [-0.39, 0.29) is 15.6 Å². The van der Waals surface area contributed by atoms with Crippen LogP contribution in [0.4, 0.5) is 5.69 Å². The standard InChI is InChI=1S/C10H11N3O4S2/c1-18(14,15)9-4-2-3-8(5-9)13-19(16,17)10-6-11-7-12-10/h2-7,13H,1H3,(H,11,12). The second kappa shape index (κ2) is 4.67. The van der Waals surface area contributed by atoms with E-state index in [0.29, 0.717) is 0 Å². The van der Waals surface area contributed by atoms with Crippen LogP contribution < -0.4 is 4.72 Å². The first kappa shape index (κ1) is 13.6. The van der Waals surface area contributed by atoms with Crippen LogP contribution in [0.25, 0.3) is 0 Å². The van der Waals surface area contributed by atoms with Crippen LogP contribution in [0.2, 0.25) is 0 Å². The topological polar surface area (TPSA) is 109 Å². The largest absolute Gasteiger partial charge is 0.334 e. The zero-order chi connectivity index (χ0) is 14.1. The number of H-pyrrole nitrogens is 1. The van der Waals surface area contributed by atoms with Crippen molar-refractivity contribution < 1.29 is 16.8 Å². The van der Waals surface area contributed by atoms with Gasteiger partial charge in [-0.2, -0.15) is 8.42 Å². The molecular weight excluding hydrogens is 290 g/mol. The van der Waals surface area contributed by atoms with Crippen molar-refractivity contribution in [2.45, 2.75) is 9.92 Å². The molecule has 19 heavy (non-hydrogen) atoms. The van der Waals surface area contributed by atoms with Gasteiger partial charge in [0.1, 0.15) is 0 Å². The molecule has 0 atom stereocenters. The Morgan fingerprint density at radius 2 is 1.95 bits per heavy atom. The van der Waals surface area contributed by atoms with Crippen LogP contribution in [-0.2, 0) is 19.9 Å². The van der Waals surface area contributed by atoms with E-state index in [2.05, 4.69) is 14.7 Å². The molecule has 2 N–H and O–H groups in total. The number of hydrogen-bond acceptors (Lipinski definition) is 5. The Hall–Kier alpha value is -1.87. The maximum Gasteiger partial charge on any atom is 0.278 e. The molecule has 1 aromatic heterocycles. The summed E-state index contributed by atoms with van der Waals surface area (Å²) >= 11 is 0. The average molecular weight is 301 g/mol. The Morgan fingerprint density at radius 3 is 2.53 bits per heavy atom. The molecule has 0 saturated heterocycles. The molecule has 0 saturated carbocycles. The highest BCUT2D eigenvalue weighted by molar-refractivity contribution is 7.92. The molecule has 0 aliphatic rings. The predicted octanol–water partition coefficient (Wildman–Crippen LogP) is 0.614. The van der Waals surface area contributed by atoms with E-state index in [0.717, 1.165) is 12.5 Å². The van der Waals surface area contributed by atoms with E-state index in [1.807, 2.05) is 0 Å². The van der Waals surface area contributed by atoms with E-state index < -0.39 is 19.9 Å². The summed E-state index contributed by atoms with van der Waals surface area (Å²) in [7, 11) is -7.18. The lowest BCUT2D eigenvalue weighted by Crippen LogP contribution is -2.13. The first-order valence-electron chi connectivity index (χ1n) is 5.10. The van der Waals surface area contributed by atoms with Crippen LogP contribution in [-0.4, -0.2) is 33.1 Å². The molecule has 102 valence electrons. The van der Waals surface area contributed by atoms with Crippen molar-refractivity contribution in [3.63, 3.8) is 0 Å². The van der Waals surface area contributed by atoms with Crippen molar-refractivity contribution >= 4 is 25.5 Å². The summed E-state index contributed by atoms with van der Waals surface area (Å²) in [6, 6.07) is 5.57. The summed E-state index contributed by atoms with van der Waals surface area (Å²) in [5, 5.41) is -0.0998. The van der Waals surface area contributed by atoms with Gasteiger partial charge >= 0.3 is 0 Å². The molecule has 7 nitrogen and oxygen atoms in total. The molecule has 1 heterocycles. The molecule has 2 rings (SSSR count). The molecule has 9 heteroatoms. The van der Waals surface area contributed by atoms with Gasteiger partial charge in [0.05, 0.1) is 23.1 Å². The number of aromatic nitrogens is 2. The van der Waals surface area contributed by atoms with Gasteiger partial charge in [0.2, 0.25) is 0 Å². The molecular formula is C10H11N3O4S2. The van der Waals surface area contributed by atoms with Gasteiger partial charge in [-0.25, -0.2) is 13.4 Å². The van der Waals surface area contributed by atoms with Crippen LogP contribution in [0.5, 0.6) is 0 Å². The summed E-state index contributed by atoms with van der Waals surface area (Å²) < 4.78 is 48.8. The van der Waals surface area contributed by atoms with Gasteiger partial charge in [0.25, 0.3) is 10.0 Å². The maximum absolute atomic E-state index is 11.9. The van der Waals surface area contributed by atoms with Crippen LogP contribution in [0.1, 0.15) is 0 Å². The molecule has 0 aliphatic heterocycles. The summed E-state index contributed by atoms with van der Waals surface area (Å²) in [5.74, 6) is 0. The van der Waals surface area contributed by atoms with Gasteiger partial charge < -0.3 is 4.98 Å². The van der Waals surface area contributed by atoms with E-state index in [9.17, 15) is 16.8 Å². The van der Waals surface area contributed by atoms with Crippen LogP contribution in [0, 0.1) is 0 Å². The van der Waals surface area contributed by atoms with E-state index in [1.165, 1.54) is 30.6 Å². The lowest BCUT2D eigenvalue weighted by Gasteiger charge is -2.07. The Labute approximate surface area is 110 Å². The first-order chi connectivity index (χ1) is 8.79. The van der Waals surface area contributed by atoms with Gasteiger partial charge in [0.15, 0.2) is 14.9 Å². The second-order valence-corrected chi connectivity index (χ2v) is 7.49. The summed E-state index contributed by atoms with van der Waals surface area (Å²) in [6.07, 6.45) is 3.44. The highest BCUT2D eigenvalue weighted by Crippen LogP contribution is 2.18. The Balaban J connectivity index is 2.35. The molecule has 0 spiro atoms. The Morgan fingerprint density at radius 1 is 1.21 bits per heavy atom. The lowest BCUT2D eigenvalue weighted by molar-refractivity contribution is 0.597. The van der Waals surface area contributed by atoms with E-state index >= 15 is 0 Å². The SMILES string of the molecule is CS(=O)(=O)c1cccc(NS(=O)(=O)c2cnc[nH]2)c1. The summed E-state index contributed by atoms with van der Waals surface area (Å²) in [6.45, 7) is 0. The van der Waals surface area contributed by atoms with Crippen molar-refractivity contribution in [2.75, 3.05) is 11.0 Å². The molecule has 1 aromatic carbocycles. The fourth-order valence-corrected chi connectivity index (χ4v) is 3.01. The van der Waals surface area contributed by atoms with Crippen molar-refractivity contribution in [3.8, 4) is 0 Å². The normalized spacial score (nSPS) is 12.3. The zero-order valence-electron chi connectivity index (χ0n) is 9.86. The monoisotopic (exact) mass is 301 g/mol. The highest BCUT2D eigenvalue weighted by Gasteiger charge is 2.16. The lowest BCUT2D eigenvalue weighted by atomic mass is 10.3. The summed E-state index contributed by atoms with van der Waals surface area (Å²) in [4.78, 5) is 6.12. The van der Waals surface area contributed by atoms with E-state index in [1.54, 1.807) is 0 Å². The Bertz CT molecular complexity index is 780. The number of imidazole rings is 1.